The normalized spacial score (nSPS) is 48.9. The van der Waals surface area contributed by atoms with Crippen molar-refractivity contribution in [3.63, 3.8) is 0 Å². The summed E-state index contributed by atoms with van der Waals surface area (Å²) in [6.45, 7) is 5.54. The van der Waals surface area contributed by atoms with Gasteiger partial charge in [-0.15, -0.1) is 0 Å². The number of hydrogen-bond acceptors (Lipinski definition) is 5. The van der Waals surface area contributed by atoms with Crippen LogP contribution in [0.5, 0.6) is 0 Å². The molecule has 4 aliphatic rings. The van der Waals surface area contributed by atoms with E-state index < -0.39 is 28.8 Å². The third-order valence-electron chi connectivity index (χ3n) is 8.80. The van der Waals surface area contributed by atoms with E-state index in [1.165, 1.54) is 6.08 Å². The van der Waals surface area contributed by atoms with Gasteiger partial charge in [-0.25, -0.2) is 0 Å². The molecule has 1 unspecified atom stereocenters. The molecule has 4 rings (SSSR count). The molecule has 148 valence electrons. The summed E-state index contributed by atoms with van der Waals surface area (Å²) in [5.74, 6) is 0.347. The molecule has 0 aromatic carbocycles. The van der Waals surface area contributed by atoms with Crippen molar-refractivity contribution < 1.29 is 24.9 Å². The zero-order chi connectivity index (χ0) is 19.8. The Kier molecular flexibility index (Phi) is 4.04. The molecule has 27 heavy (non-hydrogen) atoms. The van der Waals surface area contributed by atoms with Gasteiger partial charge < -0.3 is 15.3 Å². The number of aliphatic hydroxyl groups is 3. The number of hydrogen-bond donors (Lipinski definition) is 3. The van der Waals surface area contributed by atoms with E-state index >= 15 is 0 Å². The summed E-state index contributed by atoms with van der Waals surface area (Å²) in [7, 11) is 0. The minimum Gasteiger partial charge on any atom is -0.511 e. The summed E-state index contributed by atoms with van der Waals surface area (Å²) >= 11 is 0. The van der Waals surface area contributed by atoms with Crippen molar-refractivity contribution in [3.05, 3.63) is 23.5 Å². The molecule has 0 saturated heterocycles. The average Bonchev–Trinajstić information content (AvgIpc) is 2.89. The first-order chi connectivity index (χ1) is 12.6. The molecule has 5 nitrogen and oxygen atoms in total. The fourth-order valence-corrected chi connectivity index (χ4v) is 7.31. The van der Waals surface area contributed by atoms with E-state index in [2.05, 4.69) is 6.92 Å². The molecule has 0 aliphatic heterocycles. The molecule has 7 atom stereocenters. The maximum atomic E-state index is 12.4. The van der Waals surface area contributed by atoms with Crippen LogP contribution in [-0.2, 0) is 9.59 Å². The molecule has 0 aromatic heterocycles. The van der Waals surface area contributed by atoms with Crippen molar-refractivity contribution in [1.29, 1.82) is 0 Å². The molecule has 0 radical (unpaired) electrons. The van der Waals surface area contributed by atoms with E-state index in [9.17, 15) is 24.9 Å². The minimum absolute atomic E-state index is 0.144. The first kappa shape index (κ1) is 18.9. The van der Waals surface area contributed by atoms with Crippen LogP contribution < -0.4 is 0 Å². The molecule has 5 heteroatoms. The number of ketones is 2. The van der Waals surface area contributed by atoms with Crippen LogP contribution in [-0.4, -0.2) is 39.1 Å². The smallest absolute Gasteiger partial charge is 0.190 e. The van der Waals surface area contributed by atoms with Gasteiger partial charge in [0.25, 0.3) is 0 Å². The van der Waals surface area contributed by atoms with Gasteiger partial charge in [-0.2, -0.15) is 0 Å². The van der Waals surface area contributed by atoms with Gasteiger partial charge in [-0.1, -0.05) is 13.8 Å². The van der Waals surface area contributed by atoms with E-state index in [0.717, 1.165) is 24.8 Å². The highest BCUT2D eigenvalue weighted by Gasteiger charge is 2.67. The Hall–Kier alpha value is -1.46. The summed E-state index contributed by atoms with van der Waals surface area (Å²) in [6, 6.07) is 0. The van der Waals surface area contributed by atoms with E-state index in [1.54, 1.807) is 6.08 Å². The minimum atomic E-state index is -1.46. The van der Waals surface area contributed by atoms with Crippen LogP contribution in [0.3, 0.4) is 0 Å². The van der Waals surface area contributed by atoms with Crippen LogP contribution in [0.25, 0.3) is 0 Å². The third-order valence-corrected chi connectivity index (χ3v) is 8.80. The van der Waals surface area contributed by atoms with Crippen LogP contribution in [0.4, 0.5) is 0 Å². The molecule has 0 aromatic rings. The second-order valence-electron chi connectivity index (χ2n) is 9.68. The fourth-order valence-electron chi connectivity index (χ4n) is 7.31. The van der Waals surface area contributed by atoms with Gasteiger partial charge in [0.2, 0.25) is 0 Å². The van der Waals surface area contributed by atoms with Crippen molar-refractivity contribution in [2.45, 2.75) is 58.5 Å². The number of carbonyl (C=O) groups is 2. The topological polar surface area (TPSA) is 94.8 Å². The lowest BCUT2D eigenvalue weighted by Gasteiger charge is -2.59. The molecule has 0 spiro atoms. The quantitative estimate of drug-likeness (QED) is 0.691. The first-order valence-corrected chi connectivity index (χ1v) is 10.1. The Labute approximate surface area is 160 Å². The van der Waals surface area contributed by atoms with Gasteiger partial charge in [0.1, 0.15) is 18.0 Å². The van der Waals surface area contributed by atoms with E-state index in [4.69, 9.17) is 0 Å². The Morgan fingerprint density at radius 1 is 1.19 bits per heavy atom. The van der Waals surface area contributed by atoms with Crippen molar-refractivity contribution in [1.82, 2.24) is 0 Å². The van der Waals surface area contributed by atoms with E-state index in [1.807, 2.05) is 13.8 Å². The SMILES string of the molecule is CC1C[C@@H]2[C@H](CC[C@@]3(C)[C@H]2CC[C@]3(O)C(=O)CO)[C@@]2(C)C(O)=CC(=O)C=C12. The van der Waals surface area contributed by atoms with Crippen LogP contribution >= 0.6 is 0 Å². The van der Waals surface area contributed by atoms with Gasteiger partial charge in [0.15, 0.2) is 11.6 Å². The molecule has 4 aliphatic carbocycles. The van der Waals surface area contributed by atoms with Gasteiger partial charge in [0.05, 0.1) is 0 Å². The van der Waals surface area contributed by atoms with Crippen molar-refractivity contribution in [2.75, 3.05) is 6.61 Å². The van der Waals surface area contributed by atoms with Gasteiger partial charge in [-0.3, -0.25) is 9.59 Å². The summed E-state index contributed by atoms with van der Waals surface area (Å²) in [4.78, 5) is 24.4. The zero-order valence-corrected chi connectivity index (χ0v) is 16.4. The monoisotopic (exact) mass is 374 g/mol. The molecule has 0 heterocycles. The summed E-state index contributed by atoms with van der Waals surface area (Å²) in [5, 5.41) is 31.4. The Bertz CT molecular complexity index is 767. The zero-order valence-electron chi connectivity index (χ0n) is 16.4. The maximum Gasteiger partial charge on any atom is 0.190 e. The lowest BCUT2D eigenvalue weighted by atomic mass is 9.45. The first-order valence-electron chi connectivity index (χ1n) is 10.1. The Morgan fingerprint density at radius 2 is 1.85 bits per heavy atom. The highest BCUT2D eigenvalue weighted by Crippen LogP contribution is 2.68. The van der Waals surface area contributed by atoms with Crippen LogP contribution in [0.15, 0.2) is 23.5 Å². The fraction of sp³-hybridized carbons (Fsp3) is 0.727. The van der Waals surface area contributed by atoms with Gasteiger partial charge in [-0.05, 0) is 74.3 Å². The predicted octanol–water partition coefficient (Wildman–Crippen LogP) is 2.72. The second kappa shape index (κ2) is 5.77. The highest BCUT2D eigenvalue weighted by atomic mass is 16.3. The maximum absolute atomic E-state index is 12.4. The lowest BCUT2D eigenvalue weighted by molar-refractivity contribution is -0.165. The number of Topliss-reactive ketones (excluding diaryl/α,β-unsaturated/α-hetero) is 1. The standard InChI is InChI=1S/C22H30O5/c1-12-8-14-15-5-7-22(27,19(26)11-23)20(15,2)6-4-16(14)21(3)17(12)9-13(24)10-18(21)25/h9-10,12,14-16,23,25,27H,4-8,11H2,1-3H3/t12?,14-,15-,16-,20-,21+,22-/m0/s1. The number of fused-ring (bicyclic) bond motifs is 5. The van der Waals surface area contributed by atoms with E-state index in [-0.39, 0.29) is 35.2 Å². The number of rotatable bonds is 2. The number of carbonyl (C=O) groups excluding carboxylic acids is 2. The third kappa shape index (κ3) is 2.18. The van der Waals surface area contributed by atoms with Gasteiger partial charge >= 0.3 is 0 Å². The summed E-state index contributed by atoms with van der Waals surface area (Å²) in [6.07, 6.45) is 6.57. The van der Waals surface area contributed by atoms with Crippen LogP contribution in [0, 0.1) is 34.5 Å². The van der Waals surface area contributed by atoms with E-state index in [0.29, 0.717) is 12.8 Å². The molecule has 3 saturated carbocycles. The van der Waals surface area contributed by atoms with Gasteiger partial charge in [0, 0.05) is 16.9 Å². The molecular formula is C22H30O5. The number of allylic oxidation sites excluding steroid dienone is 3. The summed E-state index contributed by atoms with van der Waals surface area (Å²) < 4.78 is 0. The Balaban J connectivity index is 1.76. The number of aliphatic hydroxyl groups excluding tert-OH is 2. The highest BCUT2D eigenvalue weighted by molar-refractivity contribution is 6.01. The molecular weight excluding hydrogens is 344 g/mol. The molecule has 0 bridgehead atoms. The van der Waals surface area contributed by atoms with Crippen molar-refractivity contribution >= 4 is 11.6 Å². The predicted molar refractivity (Wildman–Crippen MR) is 99.8 cm³/mol. The summed E-state index contributed by atoms with van der Waals surface area (Å²) in [5.41, 5.74) is -1.52. The molecule has 0 amide bonds. The Morgan fingerprint density at radius 3 is 2.52 bits per heavy atom. The second-order valence-corrected chi connectivity index (χ2v) is 9.68. The molecule has 3 fully saturated rings. The van der Waals surface area contributed by atoms with Crippen molar-refractivity contribution in [3.8, 4) is 0 Å². The average molecular weight is 374 g/mol. The van der Waals surface area contributed by atoms with Crippen LogP contribution in [0.2, 0.25) is 0 Å². The largest absolute Gasteiger partial charge is 0.511 e. The lowest BCUT2D eigenvalue weighted by Crippen LogP contribution is -2.59. The molecule has 3 N–H and O–H groups in total. The van der Waals surface area contributed by atoms with Crippen LogP contribution in [0.1, 0.15) is 52.9 Å². The van der Waals surface area contributed by atoms with Crippen molar-refractivity contribution in [2.24, 2.45) is 34.5 Å².